The predicted octanol–water partition coefficient (Wildman–Crippen LogP) is 3.95. The number of hydrogen-bond donors (Lipinski definition) is 2. The number of urea groups is 1. The number of alkyl halides is 3. The van der Waals surface area contributed by atoms with Gasteiger partial charge in [-0.25, -0.2) is 4.79 Å². The summed E-state index contributed by atoms with van der Waals surface area (Å²) in [5, 5.41) is 0. The quantitative estimate of drug-likeness (QED) is 0.465. The molecule has 0 atom stereocenters. The van der Waals surface area contributed by atoms with E-state index in [1.54, 1.807) is 22.5 Å². The summed E-state index contributed by atoms with van der Waals surface area (Å²) in [7, 11) is 0. The van der Waals surface area contributed by atoms with Crippen LogP contribution in [0.3, 0.4) is 0 Å². The lowest BCUT2D eigenvalue weighted by atomic mass is 10.1. The monoisotopic (exact) mass is 539 g/mol. The second-order valence-corrected chi connectivity index (χ2v) is 9.06. The summed E-state index contributed by atoms with van der Waals surface area (Å²) in [6.07, 6.45) is -5.11. The number of piperazine rings is 1. The normalized spacial score (nSPS) is 14.0. The molecule has 11 heteroatoms. The van der Waals surface area contributed by atoms with E-state index < -0.39 is 18.0 Å². The van der Waals surface area contributed by atoms with E-state index >= 15 is 0 Å². The van der Waals surface area contributed by atoms with Crippen LogP contribution in [0.2, 0.25) is 0 Å². The first kappa shape index (κ1) is 27.6. The molecule has 1 heterocycles. The fourth-order valence-corrected chi connectivity index (χ4v) is 4.19. The molecule has 39 heavy (non-hydrogen) atoms. The van der Waals surface area contributed by atoms with Gasteiger partial charge >= 0.3 is 18.1 Å². The maximum Gasteiger partial charge on any atom is 0.472 e. The Morgan fingerprint density at radius 1 is 0.744 bits per heavy atom. The van der Waals surface area contributed by atoms with E-state index in [-0.39, 0.29) is 18.1 Å². The number of carbonyl (C=O) groups is 3. The number of hydrazine groups is 1. The SMILES string of the molecule is O=C(NNC(=O)C(F)(F)F)c1ccc(CN(C(=O)N2CCN(Cc3ccccc3)CC2)c2ccccc2)cc1. The minimum absolute atomic E-state index is 0.0494. The average Bonchev–Trinajstić information content (AvgIpc) is 2.95. The van der Waals surface area contributed by atoms with Crippen molar-refractivity contribution in [2.45, 2.75) is 19.3 Å². The molecule has 2 N–H and O–H groups in total. The van der Waals surface area contributed by atoms with E-state index in [1.807, 2.05) is 53.4 Å². The van der Waals surface area contributed by atoms with Crippen LogP contribution in [0.15, 0.2) is 84.9 Å². The van der Waals surface area contributed by atoms with Crippen molar-refractivity contribution in [2.24, 2.45) is 0 Å². The fraction of sp³-hybridized carbons (Fsp3) is 0.250. The predicted molar refractivity (Wildman–Crippen MR) is 139 cm³/mol. The Morgan fingerprint density at radius 2 is 1.33 bits per heavy atom. The van der Waals surface area contributed by atoms with Gasteiger partial charge in [-0.1, -0.05) is 60.7 Å². The van der Waals surface area contributed by atoms with Crippen molar-refractivity contribution >= 4 is 23.5 Å². The molecule has 1 saturated heterocycles. The van der Waals surface area contributed by atoms with Crippen LogP contribution in [0.1, 0.15) is 21.5 Å². The van der Waals surface area contributed by atoms with Gasteiger partial charge in [-0.15, -0.1) is 0 Å². The fourth-order valence-electron chi connectivity index (χ4n) is 4.19. The lowest BCUT2D eigenvalue weighted by Crippen LogP contribution is -2.52. The van der Waals surface area contributed by atoms with Gasteiger partial charge in [-0.3, -0.25) is 30.2 Å². The molecular formula is C28H28F3N5O3. The third-order valence-electron chi connectivity index (χ3n) is 6.29. The summed E-state index contributed by atoms with van der Waals surface area (Å²) in [6, 6.07) is 25.3. The molecule has 1 aliphatic rings. The molecule has 0 saturated carbocycles. The molecule has 3 aromatic rings. The zero-order valence-electron chi connectivity index (χ0n) is 21.0. The van der Waals surface area contributed by atoms with Gasteiger partial charge < -0.3 is 4.90 Å². The van der Waals surface area contributed by atoms with Gasteiger partial charge in [-0.05, 0) is 35.4 Å². The van der Waals surface area contributed by atoms with Crippen molar-refractivity contribution in [3.8, 4) is 0 Å². The van der Waals surface area contributed by atoms with E-state index in [0.29, 0.717) is 24.3 Å². The molecular weight excluding hydrogens is 511 g/mol. The van der Waals surface area contributed by atoms with E-state index in [4.69, 9.17) is 0 Å². The minimum atomic E-state index is -5.11. The number of halogens is 3. The lowest BCUT2D eigenvalue weighted by Gasteiger charge is -2.37. The van der Waals surface area contributed by atoms with Crippen LogP contribution in [0.4, 0.5) is 23.7 Å². The lowest BCUT2D eigenvalue weighted by molar-refractivity contribution is -0.174. The number of benzene rings is 3. The average molecular weight is 540 g/mol. The van der Waals surface area contributed by atoms with Crippen molar-refractivity contribution in [3.05, 3.63) is 102 Å². The maximum absolute atomic E-state index is 13.6. The van der Waals surface area contributed by atoms with E-state index in [0.717, 1.165) is 19.6 Å². The highest BCUT2D eigenvalue weighted by atomic mass is 19.4. The van der Waals surface area contributed by atoms with Crippen molar-refractivity contribution in [3.63, 3.8) is 0 Å². The summed E-state index contributed by atoms with van der Waals surface area (Å²) in [5.41, 5.74) is 5.77. The highest BCUT2D eigenvalue weighted by Crippen LogP contribution is 2.21. The van der Waals surface area contributed by atoms with Crippen LogP contribution >= 0.6 is 0 Å². The van der Waals surface area contributed by atoms with Crippen LogP contribution in [-0.4, -0.2) is 60.0 Å². The van der Waals surface area contributed by atoms with Crippen LogP contribution in [0, 0.1) is 0 Å². The second-order valence-electron chi connectivity index (χ2n) is 9.06. The zero-order chi connectivity index (χ0) is 27.8. The van der Waals surface area contributed by atoms with Crippen LogP contribution in [0.25, 0.3) is 0 Å². The minimum Gasteiger partial charge on any atom is -0.322 e. The Morgan fingerprint density at radius 3 is 1.92 bits per heavy atom. The summed E-state index contributed by atoms with van der Waals surface area (Å²) in [4.78, 5) is 42.4. The highest BCUT2D eigenvalue weighted by molar-refractivity contribution is 5.96. The smallest absolute Gasteiger partial charge is 0.322 e. The molecule has 8 nitrogen and oxygen atoms in total. The van der Waals surface area contributed by atoms with Crippen molar-refractivity contribution < 1.29 is 27.6 Å². The van der Waals surface area contributed by atoms with Crippen molar-refractivity contribution in [1.82, 2.24) is 20.7 Å². The Labute approximate surface area is 224 Å². The molecule has 4 amide bonds. The number of anilines is 1. The number of nitrogens with zero attached hydrogens (tertiary/aromatic N) is 3. The van der Waals surface area contributed by atoms with Gasteiger partial charge in [0.05, 0.1) is 6.54 Å². The Balaban J connectivity index is 1.39. The number of nitrogens with one attached hydrogen (secondary N) is 2. The first-order valence-corrected chi connectivity index (χ1v) is 12.3. The highest BCUT2D eigenvalue weighted by Gasteiger charge is 2.39. The van der Waals surface area contributed by atoms with Crippen LogP contribution < -0.4 is 15.8 Å². The summed E-state index contributed by atoms with van der Waals surface area (Å²) in [6.45, 7) is 3.70. The molecule has 0 bridgehead atoms. The molecule has 204 valence electrons. The number of hydrogen-bond acceptors (Lipinski definition) is 4. The van der Waals surface area contributed by atoms with Gasteiger partial charge in [0.1, 0.15) is 0 Å². The third kappa shape index (κ3) is 7.57. The molecule has 0 radical (unpaired) electrons. The van der Waals surface area contributed by atoms with Gasteiger partial charge in [-0.2, -0.15) is 13.2 Å². The third-order valence-corrected chi connectivity index (χ3v) is 6.29. The van der Waals surface area contributed by atoms with E-state index in [9.17, 15) is 27.6 Å². The number of rotatable bonds is 6. The molecule has 0 unspecified atom stereocenters. The number of carbonyl (C=O) groups excluding carboxylic acids is 3. The Kier molecular flexibility index (Phi) is 8.82. The number of amides is 4. The van der Waals surface area contributed by atoms with Crippen molar-refractivity contribution in [2.75, 3.05) is 31.1 Å². The molecule has 4 rings (SSSR count). The summed E-state index contributed by atoms with van der Waals surface area (Å²) < 4.78 is 37.0. The zero-order valence-corrected chi connectivity index (χ0v) is 21.0. The van der Waals surface area contributed by atoms with Gasteiger partial charge in [0, 0.05) is 44.0 Å². The number of para-hydroxylation sites is 1. The van der Waals surface area contributed by atoms with Crippen LogP contribution in [0.5, 0.6) is 0 Å². The van der Waals surface area contributed by atoms with Gasteiger partial charge in [0.2, 0.25) is 0 Å². The van der Waals surface area contributed by atoms with Crippen molar-refractivity contribution in [1.29, 1.82) is 0 Å². The van der Waals surface area contributed by atoms with E-state index in [1.165, 1.54) is 23.1 Å². The Bertz CT molecular complexity index is 1260. The molecule has 1 fully saturated rings. The molecule has 0 aliphatic carbocycles. The summed E-state index contributed by atoms with van der Waals surface area (Å²) in [5.74, 6) is -3.17. The standard InChI is InChI=1S/C28H28F3N5O3/c29-28(30,31)26(38)33-32-25(37)23-13-11-22(12-14-23)20-36(24-9-5-2-6-10-24)27(39)35-17-15-34(16-18-35)19-21-7-3-1-4-8-21/h1-14H,15-20H2,(H,32,37)(H,33,38). The largest absolute Gasteiger partial charge is 0.472 e. The molecule has 3 aromatic carbocycles. The topological polar surface area (TPSA) is 85.0 Å². The molecule has 0 spiro atoms. The Hall–Kier alpha value is -4.38. The maximum atomic E-state index is 13.6. The van der Waals surface area contributed by atoms with Crippen LogP contribution in [-0.2, 0) is 17.9 Å². The summed E-state index contributed by atoms with van der Waals surface area (Å²) >= 11 is 0. The van der Waals surface area contributed by atoms with E-state index in [2.05, 4.69) is 17.0 Å². The second kappa shape index (κ2) is 12.4. The molecule has 1 aliphatic heterocycles. The first-order chi connectivity index (χ1) is 18.7. The van der Waals surface area contributed by atoms with Gasteiger partial charge in [0.25, 0.3) is 5.91 Å². The molecule has 0 aromatic heterocycles. The van der Waals surface area contributed by atoms with Gasteiger partial charge in [0.15, 0.2) is 0 Å². The first-order valence-electron chi connectivity index (χ1n) is 12.3.